The van der Waals surface area contributed by atoms with E-state index in [0.717, 1.165) is 15.4 Å². The first kappa shape index (κ1) is 33.3. The number of rotatable bonds is 12. The monoisotopic (exact) mass is 627 g/mol. The summed E-state index contributed by atoms with van der Waals surface area (Å²) in [5, 5.41) is 2.99. The molecule has 4 aromatic rings. The van der Waals surface area contributed by atoms with Crippen molar-refractivity contribution in [1.29, 1.82) is 0 Å². The number of para-hydroxylation sites is 1. The number of carbonyl (C=O) groups is 2. The van der Waals surface area contributed by atoms with Crippen molar-refractivity contribution < 1.29 is 22.7 Å². The van der Waals surface area contributed by atoms with Crippen molar-refractivity contribution in [2.75, 3.05) is 10.8 Å². The Hall–Kier alpha value is -4.63. The number of aryl methyl sites for hydroxylation is 1. The Morgan fingerprint density at radius 3 is 2.00 bits per heavy atom. The molecule has 0 saturated carbocycles. The first-order chi connectivity index (χ1) is 21.4. The number of ether oxygens (including phenoxy) is 1. The van der Waals surface area contributed by atoms with Crippen LogP contribution < -0.4 is 14.4 Å². The van der Waals surface area contributed by atoms with Crippen molar-refractivity contribution in [3.05, 3.63) is 120 Å². The predicted molar refractivity (Wildman–Crippen MR) is 178 cm³/mol. The van der Waals surface area contributed by atoms with E-state index in [0.29, 0.717) is 17.9 Å². The highest BCUT2D eigenvalue weighted by Crippen LogP contribution is 2.29. The van der Waals surface area contributed by atoms with E-state index in [-0.39, 0.29) is 23.0 Å². The Balaban J connectivity index is 1.72. The Bertz CT molecular complexity index is 1690. The summed E-state index contributed by atoms with van der Waals surface area (Å²) in [5.41, 5.74) is 1.62. The summed E-state index contributed by atoms with van der Waals surface area (Å²) in [6, 6.07) is 30.7. The average Bonchev–Trinajstić information content (AvgIpc) is 3.00. The molecule has 0 fully saturated rings. The highest BCUT2D eigenvalue weighted by atomic mass is 32.2. The van der Waals surface area contributed by atoms with Crippen LogP contribution >= 0.6 is 0 Å². The molecule has 236 valence electrons. The van der Waals surface area contributed by atoms with E-state index in [1.165, 1.54) is 17.0 Å². The van der Waals surface area contributed by atoms with Gasteiger partial charge in [0.15, 0.2) is 0 Å². The topological polar surface area (TPSA) is 96.0 Å². The predicted octanol–water partition coefficient (Wildman–Crippen LogP) is 6.70. The van der Waals surface area contributed by atoms with E-state index in [9.17, 15) is 18.0 Å². The second kappa shape index (κ2) is 14.4. The first-order valence-corrected chi connectivity index (χ1v) is 16.4. The number of nitrogens with zero attached hydrogens (tertiary/aromatic N) is 2. The molecule has 1 atom stereocenters. The van der Waals surface area contributed by atoms with Crippen LogP contribution in [0.4, 0.5) is 5.69 Å². The maximum Gasteiger partial charge on any atom is 0.264 e. The van der Waals surface area contributed by atoms with E-state index in [2.05, 4.69) is 5.32 Å². The Morgan fingerprint density at radius 1 is 0.822 bits per heavy atom. The molecule has 9 heteroatoms. The van der Waals surface area contributed by atoms with Gasteiger partial charge in [-0.1, -0.05) is 73.2 Å². The smallest absolute Gasteiger partial charge is 0.264 e. The van der Waals surface area contributed by atoms with Crippen LogP contribution in [0.5, 0.6) is 11.5 Å². The van der Waals surface area contributed by atoms with Gasteiger partial charge >= 0.3 is 0 Å². The van der Waals surface area contributed by atoms with Gasteiger partial charge in [0.05, 0.1) is 10.6 Å². The third-order valence-corrected chi connectivity index (χ3v) is 8.82. The van der Waals surface area contributed by atoms with Gasteiger partial charge in [0, 0.05) is 12.1 Å². The van der Waals surface area contributed by atoms with Crippen LogP contribution in [0, 0.1) is 6.92 Å². The van der Waals surface area contributed by atoms with Gasteiger partial charge in [0.1, 0.15) is 24.1 Å². The second-order valence-electron chi connectivity index (χ2n) is 11.9. The van der Waals surface area contributed by atoms with Gasteiger partial charge in [-0.05, 0) is 88.2 Å². The zero-order valence-electron chi connectivity index (χ0n) is 26.4. The third kappa shape index (κ3) is 8.95. The minimum atomic E-state index is -4.17. The molecule has 45 heavy (non-hydrogen) atoms. The SMILES string of the molecule is CC[C@@H](C(=O)NC(C)(C)C)N(Cc1cccc(C)c1)C(=O)CN(c1ccc(Oc2ccccc2)cc1)S(=O)(=O)c1ccccc1. The quantitative estimate of drug-likeness (QED) is 0.189. The fourth-order valence-electron chi connectivity index (χ4n) is 4.93. The number of hydrogen-bond donors (Lipinski definition) is 1. The van der Waals surface area contributed by atoms with Gasteiger partial charge in [-0.2, -0.15) is 0 Å². The van der Waals surface area contributed by atoms with Crippen molar-refractivity contribution in [3.8, 4) is 11.5 Å². The van der Waals surface area contributed by atoms with Crippen LogP contribution in [0.3, 0.4) is 0 Å². The summed E-state index contributed by atoms with van der Waals surface area (Å²) < 4.78 is 35.1. The van der Waals surface area contributed by atoms with Crippen LogP contribution in [0.15, 0.2) is 114 Å². The van der Waals surface area contributed by atoms with Gasteiger partial charge in [-0.3, -0.25) is 13.9 Å². The summed E-state index contributed by atoms with van der Waals surface area (Å²) in [6.45, 7) is 9.06. The first-order valence-electron chi connectivity index (χ1n) is 14.9. The molecular formula is C36H41N3O5S. The molecule has 2 amide bonds. The number of benzene rings is 4. The molecule has 0 aliphatic heterocycles. The van der Waals surface area contributed by atoms with Crippen LogP contribution in [-0.2, 0) is 26.2 Å². The zero-order chi connectivity index (χ0) is 32.6. The lowest BCUT2D eigenvalue weighted by atomic mass is 10.0. The molecule has 4 aromatic carbocycles. The molecule has 0 aliphatic rings. The second-order valence-corrected chi connectivity index (χ2v) is 13.8. The summed E-state index contributed by atoms with van der Waals surface area (Å²) in [7, 11) is -4.17. The number of anilines is 1. The highest BCUT2D eigenvalue weighted by Gasteiger charge is 2.34. The zero-order valence-corrected chi connectivity index (χ0v) is 27.3. The lowest BCUT2D eigenvalue weighted by Crippen LogP contribution is -2.55. The molecule has 1 N–H and O–H groups in total. The molecule has 0 radical (unpaired) electrons. The fourth-order valence-corrected chi connectivity index (χ4v) is 6.37. The van der Waals surface area contributed by atoms with Gasteiger partial charge < -0.3 is 15.0 Å². The molecule has 4 rings (SSSR count). The van der Waals surface area contributed by atoms with Gasteiger partial charge in [0.2, 0.25) is 11.8 Å². The number of amides is 2. The largest absolute Gasteiger partial charge is 0.457 e. The van der Waals surface area contributed by atoms with Crippen molar-refractivity contribution in [2.45, 2.75) is 64.1 Å². The Morgan fingerprint density at radius 2 is 1.42 bits per heavy atom. The van der Waals surface area contributed by atoms with E-state index in [4.69, 9.17) is 4.74 Å². The summed E-state index contributed by atoms with van der Waals surface area (Å²) in [6.07, 6.45) is 0.344. The Labute approximate surface area is 266 Å². The lowest BCUT2D eigenvalue weighted by molar-refractivity contribution is -0.141. The van der Waals surface area contributed by atoms with E-state index in [1.807, 2.05) is 89.2 Å². The molecule has 0 aliphatic carbocycles. The van der Waals surface area contributed by atoms with Crippen molar-refractivity contribution in [3.63, 3.8) is 0 Å². The molecule has 8 nitrogen and oxygen atoms in total. The van der Waals surface area contributed by atoms with E-state index >= 15 is 0 Å². The normalized spacial score (nSPS) is 12.2. The van der Waals surface area contributed by atoms with E-state index < -0.39 is 34.1 Å². The van der Waals surface area contributed by atoms with Crippen LogP contribution in [0.2, 0.25) is 0 Å². The minimum Gasteiger partial charge on any atom is -0.457 e. The number of sulfonamides is 1. The van der Waals surface area contributed by atoms with Crippen molar-refractivity contribution in [2.24, 2.45) is 0 Å². The van der Waals surface area contributed by atoms with Crippen LogP contribution in [0.1, 0.15) is 45.2 Å². The molecule has 0 aromatic heterocycles. The van der Waals surface area contributed by atoms with Gasteiger partial charge in [0.25, 0.3) is 10.0 Å². The van der Waals surface area contributed by atoms with Gasteiger partial charge in [-0.15, -0.1) is 0 Å². The Kier molecular flexibility index (Phi) is 10.7. The molecule has 0 saturated heterocycles. The lowest BCUT2D eigenvalue weighted by Gasteiger charge is -2.34. The van der Waals surface area contributed by atoms with Crippen molar-refractivity contribution >= 4 is 27.5 Å². The van der Waals surface area contributed by atoms with E-state index in [1.54, 1.807) is 42.5 Å². The average molecular weight is 628 g/mol. The minimum absolute atomic E-state index is 0.0464. The summed E-state index contributed by atoms with van der Waals surface area (Å²) >= 11 is 0. The number of hydrogen-bond acceptors (Lipinski definition) is 5. The molecule has 0 heterocycles. The number of nitrogens with one attached hydrogen (secondary N) is 1. The summed E-state index contributed by atoms with van der Waals surface area (Å²) in [5.74, 6) is 0.349. The van der Waals surface area contributed by atoms with Gasteiger partial charge in [-0.25, -0.2) is 8.42 Å². The van der Waals surface area contributed by atoms with Crippen molar-refractivity contribution in [1.82, 2.24) is 10.2 Å². The van der Waals surface area contributed by atoms with Crippen LogP contribution in [0.25, 0.3) is 0 Å². The fraction of sp³-hybridized carbons (Fsp3) is 0.278. The molecule has 0 spiro atoms. The molecule has 0 unspecified atom stereocenters. The number of carbonyl (C=O) groups excluding carboxylic acids is 2. The van der Waals surface area contributed by atoms with Crippen LogP contribution in [-0.4, -0.2) is 43.3 Å². The molecule has 0 bridgehead atoms. The summed E-state index contributed by atoms with van der Waals surface area (Å²) in [4.78, 5) is 29.3. The highest BCUT2D eigenvalue weighted by molar-refractivity contribution is 7.92. The third-order valence-electron chi connectivity index (χ3n) is 7.03. The maximum atomic E-state index is 14.3. The maximum absolute atomic E-state index is 14.3. The standard InChI is InChI=1S/C36H41N3O5S/c1-6-33(35(41)37-36(3,4)5)38(25-28-15-13-14-27(2)24-28)34(40)26-39(45(42,43)32-18-11-8-12-19-32)29-20-22-31(23-21-29)44-30-16-9-7-10-17-30/h7-24,33H,6,25-26H2,1-5H3,(H,37,41)/t33-/m0/s1. The molecular weight excluding hydrogens is 586 g/mol.